The Kier molecular flexibility index (Phi) is 4.87. The fourth-order valence-corrected chi connectivity index (χ4v) is 3.98. The van der Waals surface area contributed by atoms with E-state index in [4.69, 9.17) is 4.74 Å². The lowest BCUT2D eigenvalue weighted by Crippen LogP contribution is -2.46. The molecule has 0 amide bonds. The highest BCUT2D eigenvalue weighted by Gasteiger charge is 2.27. The maximum Gasteiger partial charge on any atom is 0.0597 e. The predicted molar refractivity (Wildman–Crippen MR) is 95.1 cm³/mol. The summed E-state index contributed by atoms with van der Waals surface area (Å²) in [5.74, 6) is 0. The first-order chi connectivity index (χ1) is 12.2. The van der Waals surface area contributed by atoms with Gasteiger partial charge in [0.05, 0.1) is 30.3 Å². The predicted octanol–water partition coefficient (Wildman–Crippen LogP) is 1.03. The lowest BCUT2D eigenvalue weighted by Gasteiger charge is -2.35. The zero-order valence-electron chi connectivity index (χ0n) is 15.3. The number of hydrogen-bond donors (Lipinski definition) is 0. The van der Waals surface area contributed by atoms with Gasteiger partial charge in [0.25, 0.3) is 0 Å². The summed E-state index contributed by atoms with van der Waals surface area (Å²) >= 11 is 0. The van der Waals surface area contributed by atoms with Crippen molar-refractivity contribution in [1.82, 2.24) is 29.4 Å². The molecule has 0 spiro atoms. The topological polar surface area (TPSA) is 51.4 Å². The maximum atomic E-state index is 5.51. The molecular weight excluding hydrogens is 316 g/mol. The van der Waals surface area contributed by atoms with Crippen LogP contribution in [0.1, 0.15) is 23.5 Å². The van der Waals surface area contributed by atoms with Gasteiger partial charge in [-0.2, -0.15) is 10.2 Å². The number of hydrogen-bond acceptors (Lipinski definition) is 5. The van der Waals surface area contributed by atoms with Gasteiger partial charge in [-0.05, 0) is 25.5 Å². The van der Waals surface area contributed by atoms with E-state index >= 15 is 0 Å². The average molecular weight is 344 g/mol. The number of aromatic nitrogens is 4. The molecule has 2 aliphatic heterocycles. The van der Waals surface area contributed by atoms with Crippen LogP contribution in [0.25, 0.3) is 0 Å². The van der Waals surface area contributed by atoms with Crippen LogP contribution in [0.15, 0.2) is 18.3 Å². The average Bonchev–Trinajstić information content (AvgIpc) is 3.13. The molecule has 7 nitrogen and oxygen atoms in total. The minimum Gasteiger partial charge on any atom is -0.379 e. The summed E-state index contributed by atoms with van der Waals surface area (Å²) < 4.78 is 9.70. The maximum absolute atomic E-state index is 5.51. The second-order valence-electron chi connectivity index (χ2n) is 7.21. The zero-order valence-corrected chi connectivity index (χ0v) is 15.3. The van der Waals surface area contributed by atoms with Crippen molar-refractivity contribution in [3.05, 3.63) is 35.4 Å². The molecule has 25 heavy (non-hydrogen) atoms. The van der Waals surface area contributed by atoms with E-state index in [2.05, 4.69) is 43.7 Å². The second-order valence-corrected chi connectivity index (χ2v) is 7.21. The van der Waals surface area contributed by atoms with Crippen LogP contribution in [0.4, 0.5) is 0 Å². The lowest BCUT2D eigenvalue weighted by atomic mass is 10.1. The Morgan fingerprint density at radius 1 is 1.24 bits per heavy atom. The summed E-state index contributed by atoms with van der Waals surface area (Å²) in [6.45, 7) is 9.83. The summed E-state index contributed by atoms with van der Waals surface area (Å²) in [4.78, 5) is 5.15. The van der Waals surface area contributed by atoms with Crippen LogP contribution in [0.2, 0.25) is 0 Å². The Balaban J connectivity index is 1.53. The van der Waals surface area contributed by atoms with Crippen molar-refractivity contribution in [3.63, 3.8) is 0 Å². The molecule has 4 heterocycles. The quantitative estimate of drug-likeness (QED) is 0.829. The molecule has 2 aliphatic rings. The van der Waals surface area contributed by atoms with Crippen molar-refractivity contribution in [3.8, 4) is 0 Å². The largest absolute Gasteiger partial charge is 0.379 e. The van der Waals surface area contributed by atoms with Gasteiger partial charge in [0.15, 0.2) is 0 Å². The van der Waals surface area contributed by atoms with Crippen LogP contribution < -0.4 is 0 Å². The Morgan fingerprint density at radius 3 is 2.84 bits per heavy atom. The van der Waals surface area contributed by atoms with E-state index in [-0.39, 0.29) is 0 Å². The van der Waals surface area contributed by atoms with Crippen molar-refractivity contribution in [1.29, 1.82) is 0 Å². The van der Waals surface area contributed by atoms with Crippen LogP contribution in [0, 0.1) is 6.92 Å². The zero-order chi connectivity index (χ0) is 17.2. The van der Waals surface area contributed by atoms with Gasteiger partial charge in [0.2, 0.25) is 0 Å². The fourth-order valence-electron chi connectivity index (χ4n) is 3.98. The van der Waals surface area contributed by atoms with Crippen LogP contribution in [0.3, 0.4) is 0 Å². The van der Waals surface area contributed by atoms with Crippen molar-refractivity contribution in [2.75, 3.05) is 32.8 Å². The summed E-state index contributed by atoms with van der Waals surface area (Å²) in [7, 11) is 2.04. The van der Waals surface area contributed by atoms with E-state index in [1.165, 1.54) is 11.4 Å². The first-order valence-electron chi connectivity index (χ1n) is 9.23. The molecule has 1 saturated heterocycles. The monoisotopic (exact) mass is 344 g/mol. The van der Waals surface area contributed by atoms with Gasteiger partial charge >= 0.3 is 0 Å². The first kappa shape index (κ1) is 16.8. The highest BCUT2D eigenvalue weighted by Crippen LogP contribution is 2.21. The van der Waals surface area contributed by atoms with Gasteiger partial charge in [0, 0.05) is 58.6 Å². The van der Waals surface area contributed by atoms with Crippen molar-refractivity contribution >= 4 is 0 Å². The van der Waals surface area contributed by atoms with E-state index in [1.54, 1.807) is 0 Å². The van der Waals surface area contributed by atoms with Gasteiger partial charge in [-0.15, -0.1) is 0 Å². The minimum absolute atomic E-state index is 0.523. The van der Waals surface area contributed by atoms with E-state index in [0.29, 0.717) is 6.04 Å². The summed E-state index contributed by atoms with van der Waals surface area (Å²) in [6.07, 6.45) is 3.05. The molecule has 1 fully saturated rings. The molecular formula is C18H28N6O. The number of fused-ring (bicyclic) bond motifs is 1. The normalized spacial score (nSPS) is 22.7. The van der Waals surface area contributed by atoms with Gasteiger partial charge in [-0.3, -0.25) is 19.2 Å². The Hall–Kier alpha value is -1.70. The van der Waals surface area contributed by atoms with Gasteiger partial charge < -0.3 is 4.74 Å². The molecule has 136 valence electrons. The molecule has 0 bridgehead atoms. The van der Waals surface area contributed by atoms with Crippen LogP contribution in [-0.4, -0.2) is 68.3 Å². The highest BCUT2D eigenvalue weighted by atomic mass is 16.5. The second kappa shape index (κ2) is 7.27. The van der Waals surface area contributed by atoms with E-state index in [9.17, 15) is 0 Å². The fraction of sp³-hybridized carbons (Fsp3) is 0.667. The smallest absolute Gasteiger partial charge is 0.0597 e. The number of rotatable bonds is 4. The Labute approximate surface area is 149 Å². The number of nitrogens with zero attached hydrogens (tertiary/aromatic N) is 6. The molecule has 0 saturated carbocycles. The van der Waals surface area contributed by atoms with Crippen LogP contribution in [0.5, 0.6) is 0 Å². The molecule has 4 rings (SSSR count). The highest BCUT2D eigenvalue weighted by molar-refractivity contribution is 5.10. The van der Waals surface area contributed by atoms with E-state index in [0.717, 1.165) is 64.6 Å². The van der Waals surface area contributed by atoms with Crippen molar-refractivity contribution in [2.45, 2.75) is 39.0 Å². The lowest BCUT2D eigenvalue weighted by molar-refractivity contribution is 0.0194. The molecule has 2 aromatic heterocycles. The third kappa shape index (κ3) is 3.78. The van der Waals surface area contributed by atoms with Crippen LogP contribution in [-0.2, 0) is 31.4 Å². The molecule has 1 unspecified atom stereocenters. The van der Waals surface area contributed by atoms with E-state index < -0.39 is 0 Å². The third-order valence-electron chi connectivity index (χ3n) is 5.40. The summed E-state index contributed by atoms with van der Waals surface area (Å²) in [6, 6.07) is 4.88. The molecule has 0 radical (unpaired) electrons. The Bertz CT molecular complexity index is 702. The third-order valence-corrected chi connectivity index (χ3v) is 5.40. The molecule has 0 N–H and O–H groups in total. The summed E-state index contributed by atoms with van der Waals surface area (Å²) in [5.41, 5.74) is 3.67. The van der Waals surface area contributed by atoms with Crippen LogP contribution >= 0.6 is 0 Å². The van der Waals surface area contributed by atoms with Crippen molar-refractivity contribution in [2.24, 2.45) is 7.05 Å². The van der Waals surface area contributed by atoms with Crippen molar-refractivity contribution < 1.29 is 4.74 Å². The van der Waals surface area contributed by atoms with E-state index in [1.807, 2.05) is 17.9 Å². The first-order valence-corrected chi connectivity index (χ1v) is 9.23. The Morgan fingerprint density at radius 2 is 2.08 bits per heavy atom. The molecule has 7 heteroatoms. The number of morpholine rings is 1. The molecule has 0 aliphatic carbocycles. The molecule has 1 atom stereocenters. The van der Waals surface area contributed by atoms with Gasteiger partial charge in [-0.1, -0.05) is 0 Å². The number of aryl methyl sites for hydroxylation is 3. The van der Waals surface area contributed by atoms with Gasteiger partial charge in [0.1, 0.15) is 0 Å². The minimum atomic E-state index is 0.523. The molecule has 0 aromatic carbocycles. The number of ether oxygens (including phenoxy) is 1. The standard InChI is InChI=1S/C18H28N6O/c1-15-11-18(21(2)20-15)14-23-13-17-3-5-19-24(17)6-4-16(23)12-22-7-9-25-10-8-22/h3,5,11,16H,4,6-10,12-14H2,1-2H3. The molecule has 2 aromatic rings. The SMILES string of the molecule is Cc1cc(CN2Cc3ccnn3CCC2CN2CCOCC2)n(C)n1. The van der Waals surface area contributed by atoms with Gasteiger partial charge in [-0.25, -0.2) is 0 Å². The summed E-state index contributed by atoms with van der Waals surface area (Å²) in [5, 5.41) is 9.02.